The van der Waals surface area contributed by atoms with Crippen molar-refractivity contribution in [2.45, 2.75) is 65.3 Å². The highest BCUT2D eigenvalue weighted by Gasteiger charge is 2.17. The van der Waals surface area contributed by atoms with Crippen molar-refractivity contribution in [1.82, 2.24) is 5.32 Å². The highest BCUT2D eigenvalue weighted by molar-refractivity contribution is 5.75. The second-order valence-corrected chi connectivity index (χ2v) is 4.11. The van der Waals surface area contributed by atoms with E-state index in [0.717, 1.165) is 32.2 Å². The lowest BCUT2D eigenvalue weighted by molar-refractivity contribution is -0.145. The standard InChI is InChI=1S/C13H27NO2/c1-4-7-9-11-14-12(10-8-5-2)13(15)16-6-3/h12,14H,4-11H2,1-3H3. The number of hydrogen-bond donors (Lipinski definition) is 1. The third-order valence-corrected chi connectivity index (χ3v) is 2.59. The van der Waals surface area contributed by atoms with Crippen LogP contribution in [0.15, 0.2) is 0 Å². The molecule has 0 heterocycles. The highest BCUT2D eigenvalue weighted by atomic mass is 16.5. The van der Waals surface area contributed by atoms with E-state index in [9.17, 15) is 4.79 Å². The zero-order valence-corrected chi connectivity index (χ0v) is 11.1. The molecule has 0 radical (unpaired) electrons. The Kier molecular flexibility index (Phi) is 10.5. The average Bonchev–Trinajstić information content (AvgIpc) is 2.28. The molecule has 0 aliphatic carbocycles. The summed E-state index contributed by atoms with van der Waals surface area (Å²) in [7, 11) is 0. The monoisotopic (exact) mass is 229 g/mol. The molecule has 96 valence electrons. The van der Waals surface area contributed by atoms with Crippen molar-refractivity contribution in [2.24, 2.45) is 0 Å². The van der Waals surface area contributed by atoms with E-state index in [1.54, 1.807) is 0 Å². The number of rotatable bonds is 10. The molecule has 0 aromatic heterocycles. The Hall–Kier alpha value is -0.570. The van der Waals surface area contributed by atoms with Gasteiger partial charge in [0, 0.05) is 0 Å². The molecule has 0 aromatic carbocycles. The quantitative estimate of drug-likeness (QED) is 0.462. The summed E-state index contributed by atoms with van der Waals surface area (Å²) in [5.41, 5.74) is 0. The Bertz CT molecular complexity index is 171. The molecule has 1 N–H and O–H groups in total. The van der Waals surface area contributed by atoms with E-state index < -0.39 is 0 Å². The van der Waals surface area contributed by atoms with Crippen LogP contribution in [-0.2, 0) is 9.53 Å². The van der Waals surface area contributed by atoms with Crippen LogP contribution >= 0.6 is 0 Å². The van der Waals surface area contributed by atoms with Gasteiger partial charge in [0.2, 0.25) is 0 Å². The molecule has 0 aliphatic heterocycles. The number of nitrogens with one attached hydrogen (secondary N) is 1. The molecule has 0 aromatic rings. The number of carbonyl (C=O) groups is 1. The third-order valence-electron chi connectivity index (χ3n) is 2.59. The van der Waals surface area contributed by atoms with Gasteiger partial charge in [0.15, 0.2) is 0 Å². The molecule has 3 nitrogen and oxygen atoms in total. The highest BCUT2D eigenvalue weighted by Crippen LogP contribution is 2.03. The Morgan fingerprint density at radius 1 is 1.12 bits per heavy atom. The molecule has 0 bridgehead atoms. The number of esters is 1. The van der Waals surface area contributed by atoms with E-state index in [2.05, 4.69) is 19.2 Å². The van der Waals surface area contributed by atoms with Crippen molar-refractivity contribution in [1.29, 1.82) is 0 Å². The minimum atomic E-state index is -0.100. The van der Waals surface area contributed by atoms with Gasteiger partial charge in [-0.05, 0) is 26.3 Å². The van der Waals surface area contributed by atoms with Crippen LogP contribution < -0.4 is 5.32 Å². The van der Waals surface area contributed by atoms with Crippen LogP contribution in [0.1, 0.15) is 59.3 Å². The first-order valence-corrected chi connectivity index (χ1v) is 6.66. The summed E-state index contributed by atoms with van der Waals surface area (Å²) in [5, 5.41) is 3.30. The normalized spacial score (nSPS) is 12.4. The third kappa shape index (κ3) is 7.69. The predicted molar refractivity (Wildman–Crippen MR) is 67.5 cm³/mol. The lowest BCUT2D eigenvalue weighted by atomic mass is 10.1. The maximum absolute atomic E-state index is 11.6. The molecule has 0 fully saturated rings. The molecule has 0 amide bonds. The number of hydrogen-bond acceptors (Lipinski definition) is 3. The number of carbonyl (C=O) groups excluding carboxylic acids is 1. The fourth-order valence-electron chi connectivity index (χ4n) is 1.61. The van der Waals surface area contributed by atoms with Gasteiger partial charge in [0.1, 0.15) is 6.04 Å². The van der Waals surface area contributed by atoms with Gasteiger partial charge in [-0.3, -0.25) is 4.79 Å². The van der Waals surface area contributed by atoms with E-state index in [-0.39, 0.29) is 12.0 Å². The van der Waals surface area contributed by atoms with Crippen LogP contribution in [-0.4, -0.2) is 25.2 Å². The van der Waals surface area contributed by atoms with Gasteiger partial charge >= 0.3 is 5.97 Å². The van der Waals surface area contributed by atoms with Crippen molar-refractivity contribution in [2.75, 3.05) is 13.2 Å². The van der Waals surface area contributed by atoms with Gasteiger partial charge in [-0.2, -0.15) is 0 Å². The van der Waals surface area contributed by atoms with E-state index >= 15 is 0 Å². The second kappa shape index (κ2) is 10.9. The van der Waals surface area contributed by atoms with Crippen molar-refractivity contribution in [3.63, 3.8) is 0 Å². The molecule has 0 aliphatic rings. The SMILES string of the molecule is CCCCCNC(CCCC)C(=O)OCC. The van der Waals surface area contributed by atoms with Crippen LogP contribution in [0.4, 0.5) is 0 Å². The average molecular weight is 229 g/mol. The molecule has 3 heteroatoms. The van der Waals surface area contributed by atoms with Gasteiger partial charge in [0.25, 0.3) is 0 Å². The van der Waals surface area contributed by atoms with Crippen molar-refractivity contribution >= 4 is 5.97 Å². The van der Waals surface area contributed by atoms with Crippen molar-refractivity contribution in [3.8, 4) is 0 Å². The first-order chi connectivity index (χ1) is 7.76. The molecular weight excluding hydrogens is 202 g/mol. The lowest BCUT2D eigenvalue weighted by Gasteiger charge is -2.16. The van der Waals surface area contributed by atoms with Gasteiger partial charge in [-0.15, -0.1) is 0 Å². The Balaban J connectivity index is 3.84. The van der Waals surface area contributed by atoms with Gasteiger partial charge in [-0.25, -0.2) is 0 Å². The van der Waals surface area contributed by atoms with E-state index in [0.29, 0.717) is 6.61 Å². The number of ether oxygens (including phenoxy) is 1. The van der Waals surface area contributed by atoms with Crippen molar-refractivity contribution in [3.05, 3.63) is 0 Å². The van der Waals surface area contributed by atoms with Crippen LogP contribution in [0.3, 0.4) is 0 Å². The minimum Gasteiger partial charge on any atom is -0.465 e. The summed E-state index contributed by atoms with van der Waals surface area (Å²) in [4.78, 5) is 11.6. The smallest absolute Gasteiger partial charge is 0.323 e. The Labute approximate surface area is 99.9 Å². The molecular formula is C13H27NO2. The fraction of sp³-hybridized carbons (Fsp3) is 0.923. The maximum atomic E-state index is 11.6. The first-order valence-electron chi connectivity index (χ1n) is 6.66. The van der Waals surface area contributed by atoms with E-state index in [4.69, 9.17) is 4.74 Å². The predicted octanol–water partition coefficient (Wildman–Crippen LogP) is 2.89. The van der Waals surface area contributed by atoms with Gasteiger partial charge < -0.3 is 10.1 Å². The molecule has 0 saturated heterocycles. The number of unbranched alkanes of at least 4 members (excludes halogenated alkanes) is 3. The maximum Gasteiger partial charge on any atom is 0.323 e. The summed E-state index contributed by atoms with van der Waals surface area (Å²) >= 11 is 0. The molecule has 16 heavy (non-hydrogen) atoms. The summed E-state index contributed by atoms with van der Waals surface area (Å²) in [6, 6.07) is -0.100. The Morgan fingerprint density at radius 2 is 1.81 bits per heavy atom. The summed E-state index contributed by atoms with van der Waals surface area (Å²) < 4.78 is 5.06. The summed E-state index contributed by atoms with van der Waals surface area (Å²) in [5.74, 6) is -0.0903. The van der Waals surface area contributed by atoms with Gasteiger partial charge in [0.05, 0.1) is 6.61 Å². The zero-order chi connectivity index (χ0) is 12.2. The summed E-state index contributed by atoms with van der Waals surface area (Å²) in [6.07, 6.45) is 6.65. The topological polar surface area (TPSA) is 38.3 Å². The van der Waals surface area contributed by atoms with Crippen LogP contribution in [0.2, 0.25) is 0 Å². The fourth-order valence-corrected chi connectivity index (χ4v) is 1.61. The largest absolute Gasteiger partial charge is 0.465 e. The first kappa shape index (κ1) is 15.4. The second-order valence-electron chi connectivity index (χ2n) is 4.11. The van der Waals surface area contributed by atoms with Gasteiger partial charge in [-0.1, -0.05) is 39.5 Å². The van der Waals surface area contributed by atoms with Crippen LogP contribution in [0, 0.1) is 0 Å². The van der Waals surface area contributed by atoms with Crippen molar-refractivity contribution < 1.29 is 9.53 Å². The molecule has 0 rings (SSSR count). The van der Waals surface area contributed by atoms with E-state index in [1.807, 2.05) is 6.92 Å². The summed E-state index contributed by atoms with van der Waals surface area (Å²) in [6.45, 7) is 7.56. The molecule has 1 atom stereocenters. The Morgan fingerprint density at radius 3 is 2.38 bits per heavy atom. The lowest BCUT2D eigenvalue weighted by Crippen LogP contribution is -2.38. The van der Waals surface area contributed by atoms with Crippen LogP contribution in [0.5, 0.6) is 0 Å². The molecule has 0 spiro atoms. The van der Waals surface area contributed by atoms with Crippen LogP contribution in [0.25, 0.3) is 0 Å². The molecule has 1 unspecified atom stereocenters. The minimum absolute atomic E-state index is 0.0903. The molecule has 0 saturated carbocycles. The van der Waals surface area contributed by atoms with E-state index in [1.165, 1.54) is 12.8 Å². The zero-order valence-electron chi connectivity index (χ0n) is 11.1.